The highest BCUT2D eigenvalue weighted by Gasteiger charge is 2.16. The fourth-order valence-corrected chi connectivity index (χ4v) is 1.96. The Morgan fingerprint density at radius 3 is 2.28 bits per heavy atom. The van der Waals surface area contributed by atoms with Crippen LogP contribution in [0.4, 0.5) is 5.69 Å². The second-order valence-electron chi connectivity index (χ2n) is 3.84. The van der Waals surface area contributed by atoms with Gasteiger partial charge in [-0.05, 0) is 24.1 Å². The van der Waals surface area contributed by atoms with Crippen LogP contribution in [-0.2, 0) is 0 Å². The first-order chi connectivity index (χ1) is 8.74. The lowest BCUT2D eigenvalue weighted by molar-refractivity contribution is -0.385. The van der Waals surface area contributed by atoms with Crippen LogP contribution in [0.25, 0.3) is 5.57 Å². The lowest BCUT2D eigenvalue weighted by Gasteiger charge is -2.08. The number of benzene rings is 2. The number of nitrogens with zero attached hydrogens (tertiary/aromatic N) is 1. The van der Waals surface area contributed by atoms with Gasteiger partial charge in [-0.25, -0.2) is 0 Å². The first-order valence-corrected chi connectivity index (χ1v) is 5.69. The van der Waals surface area contributed by atoms with Crippen molar-refractivity contribution < 1.29 is 4.92 Å². The molecule has 0 atom stereocenters. The third-order valence-corrected chi connectivity index (χ3v) is 2.76. The molecule has 0 unspecified atom stereocenters. The van der Waals surface area contributed by atoms with Crippen molar-refractivity contribution in [2.24, 2.45) is 0 Å². The number of allylic oxidation sites excluding steroid dienone is 1. The van der Waals surface area contributed by atoms with Crippen LogP contribution in [0.15, 0.2) is 60.7 Å². The van der Waals surface area contributed by atoms with Gasteiger partial charge in [0.15, 0.2) is 0 Å². The second-order valence-corrected chi connectivity index (χ2v) is 3.84. The Balaban J connectivity index is 2.57. The van der Waals surface area contributed by atoms with E-state index < -0.39 is 0 Å². The third-order valence-electron chi connectivity index (χ3n) is 2.76. The van der Waals surface area contributed by atoms with Gasteiger partial charge in [-0.15, -0.1) is 0 Å². The molecule has 0 aliphatic carbocycles. The molecule has 0 aliphatic heterocycles. The zero-order valence-corrected chi connectivity index (χ0v) is 10.0. The summed E-state index contributed by atoms with van der Waals surface area (Å²) in [5.41, 5.74) is 2.64. The van der Waals surface area contributed by atoms with Gasteiger partial charge in [0.1, 0.15) is 0 Å². The van der Waals surface area contributed by atoms with E-state index in [1.165, 1.54) is 6.07 Å². The van der Waals surface area contributed by atoms with E-state index in [2.05, 4.69) is 0 Å². The fraction of sp³-hybridized carbons (Fsp3) is 0.0667. The first kappa shape index (κ1) is 12.0. The molecule has 0 fully saturated rings. The monoisotopic (exact) mass is 239 g/mol. The highest BCUT2D eigenvalue weighted by Crippen LogP contribution is 2.30. The quantitative estimate of drug-likeness (QED) is 0.599. The van der Waals surface area contributed by atoms with E-state index in [9.17, 15) is 10.1 Å². The predicted octanol–water partition coefficient (Wildman–Crippen LogP) is 4.05. The molecule has 0 radical (unpaired) electrons. The van der Waals surface area contributed by atoms with Gasteiger partial charge in [-0.3, -0.25) is 10.1 Å². The van der Waals surface area contributed by atoms with Crippen molar-refractivity contribution in [1.82, 2.24) is 0 Å². The van der Waals surface area contributed by atoms with Gasteiger partial charge in [0.25, 0.3) is 5.69 Å². The van der Waals surface area contributed by atoms with Crippen LogP contribution in [0.1, 0.15) is 18.1 Å². The third kappa shape index (κ3) is 2.30. The molecule has 3 nitrogen and oxygen atoms in total. The average Bonchev–Trinajstić information content (AvgIpc) is 2.41. The maximum absolute atomic E-state index is 11.1. The maximum atomic E-state index is 11.1. The lowest BCUT2D eigenvalue weighted by atomic mass is 9.96. The largest absolute Gasteiger partial charge is 0.277 e. The Labute approximate surface area is 106 Å². The maximum Gasteiger partial charge on any atom is 0.277 e. The molecule has 0 saturated heterocycles. The summed E-state index contributed by atoms with van der Waals surface area (Å²) in [6.45, 7) is 1.89. The number of rotatable bonds is 3. The molecule has 2 rings (SSSR count). The van der Waals surface area contributed by atoms with Crippen molar-refractivity contribution in [2.45, 2.75) is 6.92 Å². The standard InChI is InChI=1S/C15H13NO2/c1-2-13(12-8-4-3-5-9-12)14-10-6-7-11-15(14)16(17)18/h2-11H,1H3/b13-2-. The zero-order chi connectivity index (χ0) is 13.0. The van der Waals surface area contributed by atoms with Crippen molar-refractivity contribution >= 4 is 11.3 Å². The van der Waals surface area contributed by atoms with Crippen molar-refractivity contribution in [3.05, 3.63) is 81.9 Å². The Morgan fingerprint density at radius 1 is 1.06 bits per heavy atom. The first-order valence-electron chi connectivity index (χ1n) is 5.69. The van der Waals surface area contributed by atoms with Crippen molar-refractivity contribution in [3.8, 4) is 0 Å². The molecule has 0 bridgehead atoms. The van der Waals surface area contributed by atoms with Crippen molar-refractivity contribution in [1.29, 1.82) is 0 Å². The summed E-state index contributed by atoms with van der Waals surface area (Å²) in [5, 5.41) is 11.1. The molecule has 0 heterocycles. The zero-order valence-electron chi connectivity index (χ0n) is 10.0. The van der Waals surface area contributed by atoms with E-state index in [0.717, 1.165) is 11.1 Å². The molecule has 0 saturated carbocycles. The van der Waals surface area contributed by atoms with Crippen LogP contribution in [0, 0.1) is 10.1 Å². The highest BCUT2D eigenvalue weighted by molar-refractivity contribution is 5.83. The van der Waals surface area contributed by atoms with E-state index in [0.29, 0.717) is 5.56 Å². The SMILES string of the molecule is C/C=C(/c1ccccc1)c1ccccc1[N+](=O)[O-]. The summed E-state index contributed by atoms with van der Waals surface area (Å²) < 4.78 is 0. The van der Waals surface area contributed by atoms with Crippen LogP contribution >= 0.6 is 0 Å². The Hall–Kier alpha value is -2.42. The minimum atomic E-state index is -0.345. The molecule has 2 aromatic rings. The van der Waals surface area contributed by atoms with Gasteiger partial charge in [-0.1, -0.05) is 48.5 Å². The minimum Gasteiger partial charge on any atom is -0.258 e. The summed E-state index contributed by atoms with van der Waals surface area (Å²) >= 11 is 0. The molecule has 90 valence electrons. The number of para-hydroxylation sites is 1. The normalized spacial score (nSPS) is 11.3. The van der Waals surface area contributed by atoms with Crippen LogP contribution in [0.2, 0.25) is 0 Å². The molecule has 0 aromatic heterocycles. The Kier molecular flexibility index (Phi) is 3.53. The van der Waals surface area contributed by atoms with Crippen LogP contribution in [0.5, 0.6) is 0 Å². The minimum absolute atomic E-state index is 0.134. The number of hydrogen-bond donors (Lipinski definition) is 0. The van der Waals surface area contributed by atoms with E-state index in [-0.39, 0.29) is 10.6 Å². The van der Waals surface area contributed by atoms with E-state index in [1.54, 1.807) is 12.1 Å². The molecule has 0 aliphatic rings. The highest BCUT2D eigenvalue weighted by atomic mass is 16.6. The smallest absolute Gasteiger partial charge is 0.258 e. The average molecular weight is 239 g/mol. The number of nitro groups is 1. The number of nitro benzene ring substituents is 1. The molecular formula is C15H13NO2. The Bertz CT molecular complexity index is 588. The fourth-order valence-electron chi connectivity index (χ4n) is 1.96. The molecule has 0 spiro atoms. The van der Waals surface area contributed by atoms with Gasteiger partial charge >= 0.3 is 0 Å². The Morgan fingerprint density at radius 2 is 1.67 bits per heavy atom. The molecule has 0 amide bonds. The number of hydrogen-bond acceptors (Lipinski definition) is 2. The molecule has 2 aromatic carbocycles. The van der Waals surface area contributed by atoms with Gasteiger partial charge in [0.2, 0.25) is 0 Å². The van der Waals surface area contributed by atoms with Gasteiger partial charge in [0, 0.05) is 6.07 Å². The molecule has 0 N–H and O–H groups in total. The second kappa shape index (κ2) is 5.27. The van der Waals surface area contributed by atoms with Crippen LogP contribution < -0.4 is 0 Å². The summed E-state index contributed by atoms with van der Waals surface area (Å²) in [6.07, 6.45) is 1.90. The summed E-state index contributed by atoms with van der Waals surface area (Å²) in [4.78, 5) is 10.7. The molecule has 18 heavy (non-hydrogen) atoms. The van der Waals surface area contributed by atoms with Crippen molar-refractivity contribution in [3.63, 3.8) is 0 Å². The van der Waals surface area contributed by atoms with Crippen molar-refractivity contribution in [2.75, 3.05) is 0 Å². The van der Waals surface area contributed by atoms with E-state index >= 15 is 0 Å². The van der Waals surface area contributed by atoms with E-state index in [4.69, 9.17) is 0 Å². The van der Waals surface area contributed by atoms with Gasteiger partial charge < -0.3 is 0 Å². The van der Waals surface area contributed by atoms with Gasteiger partial charge in [-0.2, -0.15) is 0 Å². The van der Waals surface area contributed by atoms with Gasteiger partial charge in [0.05, 0.1) is 10.5 Å². The topological polar surface area (TPSA) is 43.1 Å². The van der Waals surface area contributed by atoms with E-state index in [1.807, 2.05) is 49.4 Å². The predicted molar refractivity (Wildman–Crippen MR) is 72.3 cm³/mol. The van der Waals surface area contributed by atoms with Crippen LogP contribution in [0.3, 0.4) is 0 Å². The summed E-state index contributed by atoms with van der Waals surface area (Å²) in [6, 6.07) is 16.5. The summed E-state index contributed by atoms with van der Waals surface area (Å²) in [5.74, 6) is 0. The molecular weight excluding hydrogens is 226 g/mol. The van der Waals surface area contributed by atoms with Crippen LogP contribution in [-0.4, -0.2) is 4.92 Å². The molecule has 3 heteroatoms. The summed E-state index contributed by atoms with van der Waals surface area (Å²) in [7, 11) is 0. The lowest BCUT2D eigenvalue weighted by Crippen LogP contribution is -1.95.